The Morgan fingerprint density at radius 3 is 2.73 bits per heavy atom. The van der Waals surface area contributed by atoms with Crippen LogP contribution in [0.1, 0.15) is 12.8 Å². The molecule has 0 radical (unpaired) electrons. The quantitative estimate of drug-likeness (QED) is 0.381. The Balaban J connectivity index is 1.46. The lowest BCUT2D eigenvalue weighted by Gasteiger charge is -2.45. The number of aliphatic imine (C=N–C) groups is 2. The number of quaternary nitrogens is 1. The zero-order chi connectivity index (χ0) is 15.3. The van der Waals surface area contributed by atoms with E-state index in [1.54, 1.807) is 6.20 Å². The van der Waals surface area contributed by atoms with E-state index in [-0.39, 0.29) is 4.00 Å². The maximum Gasteiger partial charge on any atom is 0.292 e. The summed E-state index contributed by atoms with van der Waals surface area (Å²) in [4.78, 5) is 14.1. The van der Waals surface area contributed by atoms with Gasteiger partial charge in [0.05, 0.1) is 35.0 Å². The summed E-state index contributed by atoms with van der Waals surface area (Å²) < 4.78 is 1.07. The van der Waals surface area contributed by atoms with Gasteiger partial charge in [-0.25, -0.2) is 0 Å². The molecule has 0 N–H and O–H groups in total. The van der Waals surface area contributed by atoms with Crippen LogP contribution in [-0.4, -0.2) is 63.1 Å². The van der Waals surface area contributed by atoms with Gasteiger partial charge in [0.15, 0.2) is 11.8 Å². The summed E-state index contributed by atoms with van der Waals surface area (Å²) in [5, 5.41) is 0. The first kappa shape index (κ1) is 15.3. The van der Waals surface area contributed by atoms with E-state index in [1.165, 1.54) is 39.0 Å². The van der Waals surface area contributed by atoms with Crippen molar-refractivity contribution in [1.29, 1.82) is 0 Å². The molecule has 0 aromatic carbocycles. The number of likely N-dealkylation sites (N-methyl/N-ethyl adjacent to an activating group) is 1. The van der Waals surface area contributed by atoms with E-state index in [1.807, 2.05) is 12.4 Å². The van der Waals surface area contributed by atoms with Gasteiger partial charge in [-0.15, -0.1) is 4.00 Å². The summed E-state index contributed by atoms with van der Waals surface area (Å²) >= 11 is 8.93. The van der Waals surface area contributed by atoms with Crippen LogP contribution in [0.15, 0.2) is 33.8 Å². The second kappa shape index (κ2) is 5.66. The number of halogens is 2. The Labute approximate surface area is 149 Å². The van der Waals surface area contributed by atoms with Crippen LogP contribution in [0.3, 0.4) is 0 Å². The van der Waals surface area contributed by atoms with Crippen LogP contribution < -0.4 is 0 Å². The molecule has 7 heteroatoms. The van der Waals surface area contributed by atoms with E-state index < -0.39 is 0 Å². The molecule has 3 aliphatic heterocycles. The van der Waals surface area contributed by atoms with Crippen LogP contribution in [0.5, 0.6) is 0 Å². The van der Waals surface area contributed by atoms with E-state index in [0.29, 0.717) is 12.0 Å². The molecule has 22 heavy (non-hydrogen) atoms. The van der Waals surface area contributed by atoms with Gasteiger partial charge in [-0.3, -0.25) is 9.89 Å². The molecule has 5 nitrogen and oxygen atoms in total. The normalized spacial score (nSPS) is 39.0. The van der Waals surface area contributed by atoms with Crippen molar-refractivity contribution in [1.82, 2.24) is 9.80 Å². The number of rotatable bonds is 2. The third kappa shape index (κ3) is 2.39. The third-order valence-electron chi connectivity index (χ3n) is 5.20. The van der Waals surface area contributed by atoms with E-state index in [2.05, 4.69) is 44.4 Å². The number of hydrogen-bond donors (Lipinski definition) is 0. The van der Waals surface area contributed by atoms with Crippen molar-refractivity contribution in [3.8, 4) is 0 Å². The first-order valence-corrected chi connectivity index (χ1v) is 9.21. The molecule has 2 fully saturated rings. The highest BCUT2D eigenvalue weighted by atomic mass is 127. The van der Waals surface area contributed by atoms with Crippen LogP contribution in [0.2, 0.25) is 0 Å². The highest BCUT2D eigenvalue weighted by molar-refractivity contribution is 14.1. The van der Waals surface area contributed by atoms with Gasteiger partial charge in [0, 0.05) is 38.1 Å². The summed E-state index contributed by atoms with van der Waals surface area (Å²) in [5.74, 6) is 0.529. The van der Waals surface area contributed by atoms with Gasteiger partial charge in [0.25, 0.3) is 3.84 Å². The van der Waals surface area contributed by atoms with Gasteiger partial charge >= 0.3 is 0 Å². The smallest absolute Gasteiger partial charge is 0.292 e. The standard InChI is InChI=1S/C15H20ClIN5/c1-20-3-5-21(6-4-20)12-8-11(9-12)14-13-10-18-2-7-22(13,16)15(17)19-14/h2,7,10-12H,3-6,8-9H2,1H3/q+1. The Morgan fingerprint density at radius 1 is 1.27 bits per heavy atom. The van der Waals surface area contributed by atoms with Gasteiger partial charge in [-0.05, 0) is 19.9 Å². The fraction of sp³-hybridized carbons (Fsp3) is 0.600. The third-order valence-corrected chi connectivity index (χ3v) is 6.95. The number of hydrogen-bond acceptors (Lipinski definition) is 4. The van der Waals surface area contributed by atoms with E-state index in [9.17, 15) is 0 Å². The lowest BCUT2D eigenvalue weighted by molar-refractivity contribution is -0.594. The fourth-order valence-electron chi connectivity index (χ4n) is 3.63. The zero-order valence-corrected chi connectivity index (χ0v) is 15.5. The number of allylic oxidation sites excluding steroid dienone is 2. The molecule has 0 aromatic rings. The van der Waals surface area contributed by atoms with Gasteiger partial charge in [-0.2, -0.15) is 4.99 Å². The summed E-state index contributed by atoms with van der Waals surface area (Å²) in [5.41, 5.74) is 2.19. The summed E-state index contributed by atoms with van der Waals surface area (Å²) in [7, 11) is 2.20. The highest BCUT2D eigenvalue weighted by Crippen LogP contribution is 2.46. The van der Waals surface area contributed by atoms with E-state index >= 15 is 0 Å². The monoisotopic (exact) mass is 432 g/mol. The van der Waals surface area contributed by atoms with Gasteiger partial charge in [0.1, 0.15) is 11.9 Å². The van der Waals surface area contributed by atoms with Crippen molar-refractivity contribution >= 4 is 44.4 Å². The Bertz CT molecular complexity index is 599. The Hall–Kier alpha value is -0.280. The van der Waals surface area contributed by atoms with Gasteiger partial charge in [0.2, 0.25) is 5.70 Å². The molecule has 0 bridgehead atoms. The first-order chi connectivity index (χ1) is 10.6. The van der Waals surface area contributed by atoms with Crippen LogP contribution >= 0.6 is 34.4 Å². The molecular weight excluding hydrogens is 413 g/mol. The summed E-state index contributed by atoms with van der Waals surface area (Å²) in [6.45, 7) is 4.76. The number of amidine groups is 1. The molecule has 3 heterocycles. The number of fused-ring (bicyclic) bond motifs is 1. The van der Waals surface area contributed by atoms with Crippen molar-refractivity contribution in [3.63, 3.8) is 0 Å². The van der Waals surface area contributed by atoms with E-state index in [0.717, 1.165) is 15.2 Å². The molecule has 0 amide bonds. The molecule has 118 valence electrons. The van der Waals surface area contributed by atoms with Crippen molar-refractivity contribution in [2.24, 2.45) is 15.9 Å². The topological polar surface area (TPSA) is 31.2 Å². The minimum atomic E-state index is 0.176. The molecular formula is C15H20ClIN5+. The Morgan fingerprint density at radius 2 is 2.00 bits per heavy atom. The van der Waals surface area contributed by atoms with Gasteiger partial charge in [-0.1, -0.05) is 0 Å². The average Bonchev–Trinajstić information content (AvgIpc) is 2.72. The molecule has 0 spiro atoms. The molecule has 1 saturated heterocycles. The van der Waals surface area contributed by atoms with E-state index in [4.69, 9.17) is 16.8 Å². The summed E-state index contributed by atoms with van der Waals surface area (Å²) in [6.07, 6.45) is 7.92. The van der Waals surface area contributed by atoms with Gasteiger partial charge < -0.3 is 4.90 Å². The summed E-state index contributed by atoms with van der Waals surface area (Å²) in [6, 6.07) is 0.716. The molecule has 0 aromatic heterocycles. The second-order valence-corrected chi connectivity index (χ2v) is 8.02. The predicted octanol–water partition coefficient (Wildman–Crippen LogP) is 2.55. The molecule has 4 rings (SSSR count). The SMILES string of the molecule is CN1CCN(C2CC(C3=C4C=NC=C[N+]4(Cl)C(I)=N3)C2)CC1. The van der Waals surface area contributed by atoms with Crippen LogP contribution in [0.4, 0.5) is 0 Å². The minimum Gasteiger partial charge on any atom is -0.304 e. The maximum atomic E-state index is 6.69. The Kier molecular flexibility index (Phi) is 3.93. The van der Waals surface area contributed by atoms with Crippen LogP contribution in [0, 0.1) is 5.92 Å². The molecule has 4 aliphatic rings. The van der Waals surface area contributed by atoms with Crippen molar-refractivity contribution in [2.75, 3.05) is 33.2 Å². The largest absolute Gasteiger partial charge is 0.304 e. The fourth-order valence-corrected chi connectivity index (χ4v) is 4.53. The van der Waals surface area contributed by atoms with Crippen LogP contribution in [-0.2, 0) is 0 Å². The predicted molar refractivity (Wildman–Crippen MR) is 97.8 cm³/mol. The number of piperazine rings is 1. The zero-order valence-electron chi connectivity index (χ0n) is 12.6. The highest BCUT2D eigenvalue weighted by Gasteiger charge is 2.48. The molecule has 1 atom stereocenters. The second-order valence-electron chi connectivity index (χ2n) is 6.53. The van der Waals surface area contributed by atoms with Crippen molar-refractivity contribution in [3.05, 3.63) is 23.8 Å². The molecule has 1 unspecified atom stereocenters. The minimum absolute atomic E-state index is 0.176. The lowest BCUT2D eigenvalue weighted by atomic mass is 9.76. The van der Waals surface area contributed by atoms with Crippen molar-refractivity contribution in [2.45, 2.75) is 18.9 Å². The van der Waals surface area contributed by atoms with Crippen molar-refractivity contribution < 1.29 is 4.00 Å². The lowest BCUT2D eigenvalue weighted by Crippen LogP contribution is -2.53. The molecule has 1 saturated carbocycles. The molecule has 1 aliphatic carbocycles. The van der Waals surface area contributed by atoms with Crippen LogP contribution in [0.25, 0.3) is 0 Å². The maximum absolute atomic E-state index is 6.69. The first-order valence-electron chi connectivity index (χ1n) is 7.79. The average molecular weight is 433 g/mol. The number of nitrogens with zero attached hydrogens (tertiary/aromatic N) is 5.